The van der Waals surface area contributed by atoms with Crippen LogP contribution in [0.3, 0.4) is 0 Å². The van der Waals surface area contributed by atoms with Crippen molar-refractivity contribution >= 4 is 38.9 Å². The zero-order valence-electron chi connectivity index (χ0n) is 9.10. The van der Waals surface area contributed by atoms with Gasteiger partial charge in [0.2, 0.25) is 0 Å². The van der Waals surface area contributed by atoms with Gasteiger partial charge in [-0.15, -0.1) is 0 Å². The summed E-state index contributed by atoms with van der Waals surface area (Å²) in [7, 11) is 0. The van der Waals surface area contributed by atoms with Gasteiger partial charge in [0.25, 0.3) is 0 Å². The Labute approximate surface area is 105 Å². The number of nitrogens with one attached hydrogen (secondary N) is 2. The van der Waals surface area contributed by atoms with Gasteiger partial charge in [-0.05, 0) is 60.5 Å². The molecule has 4 heteroatoms. The fourth-order valence-corrected chi connectivity index (χ4v) is 1.87. The number of halogens is 1. The van der Waals surface area contributed by atoms with Gasteiger partial charge in [0, 0.05) is 10.5 Å². The second-order valence-corrected chi connectivity index (χ2v) is 4.89. The van der Waals surface area contributed by atoms with Gasteiger partial charge in [0.05, 0.1) is 5.69 Å². The molecular formula is C11H15BrN2S. The van der Waals surface area contributed by atoms with Crippen molar-refractivity contribution in [3.8, 4) is 0 Å². The summed E-state index contributed by atoms with van der Waals surface area (Å²) in [6, 6.07) is 6.38. The zero-order chi connectivity index (χ0) is 11.4. The van der Waals surface area contributed by atoms with E-state index >= 15 is 0 Å². The topological polar surface area (TPSA) is 24.1 Å². The number of rotatable bonds is 2. The molecule has 0 radical (unpaired) electrons. The Balaban J connectivity index is 2.73. The summed E-state index contributed by atoms with van der Waals surface area (Å²) in [5.41, 5.74) is 2.18. The van der Waals surface area contributed by atoms with Gasteiger partial charge in [0.1, 0.15) is 0 Å². The van der Waals surface area contributed by atoms with Crippen LogP contribution in [-0.4, -0.2) is 11.2 Å². The van der Waals surface area contributed by atoms with E-state index in [2.05, 4.69) is 40.4 Å². The molecule has 0 bridgehead atoms. The first-order valence-corrected chi connectivity index (χ1v) is 6.03. The monoisotopic (exact) mass is 286 g/mol. The molecular weight excluding hydrogens is 272 g/mol. The van der Waals surface area contributed by atoms with E-state index < -0.39 is 0 Å². The number of hydrogen-bond donors (Lipinski definition) is 2. The summed E-state index contributed by atoms with van der Waals surface area (Å²) in [5.74, 6) is 0. The second kappa shape index (κ2) is 5.47. The highest BCUT2D eigenvalue weighted by Gasteiger charge is 2.04. The normalized spacial score (nSPS) is 10.2. The lowest BCUT2D eigenvalue weighted by atomic mass is 10.2. The van der Waals surface area contributed by atoms with Gasteiger partial charge in [-0.1, -0.05) is 12.1 Å². The van der Waals surface area contributed by atoms with Crippen LogP contribution in [0.25, 0.3) is 0 Å². The van der Waals surface area contributed by atoms with Crippen LogP contribution in [0.2, 0.25) is 0 Å². The summed E-state index contributed by atoms with van der Waals surface area (Å²) in [5, 5.41) is 6.94. The lowest BCUT2D eigenvalue weighted by molar-refractivity contribution is 0.739. The van der Waals surface area contributed by atoms with E-state index in [-0.39, 0.29) is 0 Å². The van der Waals surface area contributed by atoms with Crippen LogP contribution in [0.5, 0.6) is 0 Å². The molecule has 0 atom stereocenters. The number of aryl methyl sites for hydroxylation is 1. The molecule has 1 rings (SSSR count). The SMILES string of the molecule is Cc1cccc(NC(=S)NC(C)C)c1Br. The van der Waals surface area contributed by atoms with Gasteiger partial charge in [0.15, 0.2) is 5.11 Å². The molecule has 0 aliphatic carbocycles. The summed E-state index contributed by atoms with van der Waals surface area (Å²) in [6.07, 6.45) is 0. The summed E-state index contributed by atoms with van der Waals surface area (Å²) in [4.78, 5) is 0. The maximum absolute atomic E-state index is 5.17. The quantitative estimate of drug-likeness (QED) is 0.815. The molecule has 0 saturated carbocycles. The first-order chi connectivity index (χ1) is 7.00. The molecule has 1 aromatic carbocycles. The largest absolute Gasteiger partial charge is 0.360 e. The van der Waals surface area contributed by atoms with Crippen LogP contribution in [0.1, 0.15) is 19.4 Å². The van der Waals surface area contributed by atoms with Crippen molar-refractivity contribution in [2.75, 3.05) is 5.32 Å². The summed E-state index contributed by atoms with van der Waals surface area (Å²) < 4.78 is 1.05. The number of thiocarbonyl (C=S) groups is 1. The maximum Gasteiger partial charge on any atom is 0.171 e. The smallest absolute Gasteiger partial charge is 0.171 e. The summed E-state index contributed by atoms with van der Waals surface area (Å²) >= 11 is 8.70. The lowest BCUT2D eigenvalue weighted by Crippen LogP contribution is -2.34. The Morgan fingerprint density at radius 2 is 2.07 bits per heavy atom. The van der Waals surface area contributed by atoms with Crippen molar-refractivity contribution in [2.24, 2.45) is 0 Å². The van der Waals surface area contributed by atoms with Crippen molar-refractivity contribution < 1.29 is 0 Å². The minimum atomic E-state index is 0.341. The number of benzene rings is 1. The average molecular weight is 287 g/mol. The molecule has 1 aromatic rings. The number of anilines is 1. The Kier molecular flexibility index (Phi) is 4.54. The van der Waals surface area contributed by atoms with Crippen molar-refractivity contribution in [3.63, 3.8) is 0 Å². The van der Waals surface area contributed by atoms with Gasteiger partial charge in [-0.2, -0.15) is 0 Å². The molecule has 15 heavy (non-hydrogen) atoms. The zero-order valence-corrected chi connectivity index (χ0v) is 11.5. The van der Waals surface area contributed by atoms with Crippen molar-refractivity contribution in [3.05, 3.63) is 28.2 Å². The second-order valence-electron chi connectivity index (χ2n) is 3.69. The Morgan fingerprint density at radius 3 is 2.67 bits per heavy atom. The molecule has 0 saturated heterocycles. The van der Waals surface area contributed by atoms with E-state index in [1.165, 1.54) is 5.56 Å². The molecule has 0 aromatic heterocycles. The van der Waals surface area contributed by atoms with Crippen molar-refractivity contribution in [1.82, 2.24) is 5.32 Å². The minimum absolute atomic E-state index is 0.341. The average Bonchev–Trinajstić information content (AvgIpc) is 2.11. The predicted molar refractivity (Wildman–Crippen MR) is 73.4 cm³/mol. The van der Waals surface area contributed by atoms with E-state index in [0.717, 1.165) is 10.2 Å². The van der Waals surface area contributed by atoms with E-state index in [4.69, 9.17) is 12.2 Å². The standard InChI is InChI=1S/C11H15BrN2S/c1-7(2)13-11(15)14-9-6-4-5-8(3)10(9)12/h4-7H,1-3H3,(H2,13,14,15). The fraction of sp³-hybridized carbons (Fsp3) is 0.364. The van der Waals surface area contributed by atoms with Crippen molar-refractivity contribution in [2.45, 2.75) is 26.8 Å². The number of hydrogen-bond acceptors (Lipinski definition) is 1. The van der Waals surface area contributed by atoms with Crippen LogP contribution in [-0.2, 0) is 0 Å². The molecule has 0 aliphatic rings. The lowest BCUT2D eigenvalue weighted by Gasteiger charge is -2.14. The van der Waals surface area contributed by atoms with E-state index in [1.54, 1.807) is 0 Å². The molecule has 0 amide bonds. The molecule has 0 unspecified atom stereocenters. The molecule has 82 valence electrons. The van der Waals surface area contributed by atoms with Gasteiger partial charge in [-0.3, -0.25) is 0 Å². The fourth-order valence-electron chi connectivity index (χ4n) is 1.16. The highest BCUT2D eigenvalue weighted by molar-refractivity contribution is 9.10. The first-order valence-electron chi connectivity index (χ1n) is 4.83. The third kappa shape index (κ3) is 3.80. The van der Waals surface area contributed by atoms with E-state index in [1.807, 2.05) is 25.1 Å². The van der Waals surface area contributed by atoms with Gasteiger partial charge >= 0.3 is 0 Å². The highest BCUT2D eigenvalue weighted by atomic mass is 79.9. The van der Waals surface area contributed by atoms with Crippen LogP contribution in [0.15, 0.2) is 22.7 Å². The Morgan fingerprint density at radius 1 is 1.40 bits per heavy atom. The molecule has 0 fully saturated rings. The third-order valence-corrected chi connectivity index (χ3v) is 3.13. The summed E-state index contributed by atoms with van der Waals surface area (Å²) in [6.45, 7) is 6.16. The Bertz CT molecular complexity index is 364. The molecule has 2 nitrogen and oxygen atoms in total. The predicted octanol–water partition coefficient (Wildman–Crippen LogP) is 3.45. The molecule has 0 heterocycles. The Hall–Kier alpha value is -0.610. The maximum atomic E-state index is 5.17. The molecule has 0 spiro atoms. The van der Waals surface area contributed by atoms with Gasteiger partial charge in [-0.25, -0.2) is 0 Å². The van der Waals surface area contributed by atoms with Crippen LogP contribution in [0, 0.1) is 6.92 Å². The van der Waals surface area contributed by atoms with Crippen LogP contribution < -0.4 is 10.6 Å². The van der Waals surface area contributed by atoms with E-state index in [9.17, 15) is 0 Å². The minimum Gasteiger partial charge on any atom is -0.360 e. The first kappa shape index (κ1) is 12.5. The van der Waals surface area contributed by atoms with Gasteiger partial charge < -0.3 is 10.6 Å². The van der Waals surface area contributed by atoms with Crippen molar-refractivity contribution in [1.29, 1.82) is 0 Å². The molecule has 0 aliphatic heterocycles. The third-order valence-electron chi connectivity index (χ3n) is 1.86. The van der Waals surface area contributed by atoms with E-state index in [0.29, 0.717) is 11.2 Å². The highest BCUT2D eigenvalue weighted by Crippen LogP contribution is 2.25. The van der Waals surface area contributed by atoms with Crippen LogP contribution >= 0.6 is 28.1 Å². The molecule has 2 N–H and O–H groups in total. The van der Waals surface area contributed by atoms with Crippen LogP contribution in [0.4, 0.5) is 5.69 Å².